The van der Waals surface area contributed by atoms with Crippen LogP contribution < -0.4 is 5.73 Å². The van der Waals surface area contributed by atoms with Crippen LogP contribution in [-0.4, -0.2) is 22.0 Å². The van der Waals surface area contributed by atoms with Crippen LogP contribution in [0.4, 0.5) is 0 Å². The van der Waals surface area contributed by atoms with E-state index in [-0.39, 0.29) is 6.04 Å². The summed E-state index contributed by atoms with van der Waals surface area (Å²) < 4.78 is 2.19. The second-order valence-corrected chi connectivity index (χ2v) is 4.84. The molecule has 2 N–H and O–H groups in total. The van der Waals surface area contributed by atoms with Gasteiger partial charge in [0, 0.05) is 18.3 Å². The first-order chi connectivity index (χ1) is 8.19. The van der Waals surface area contributed by atoms with E-state index in [4.69, 9.17) is 17.3 Å². The maximum Gasteiger partial charge on any atom is 0.112 e. The van der Waals surface area contributed by atoms with Crippen molar-refractivity contribution in [1.29, 1.82) is 0 Å². The highest BCUT2D eigenvalue weighted by Crippen LogP contribution is 2.26. The van der Waals surface area contributed by atoms with E-state index in [1.165, 1.54) is 0 Å². The number of benzene rings is 1. The number of halogens is 1. The molecule has 0 aliphatic heterocycles. The smallest absolute Gasteiger partial charge is 0.112 e. The quantitative estimate of drug-likeness (QED) is 0.850. The van der Waals surface area contributed by atoms with Gasteiger partial charge in [0.05, 0.1) is 17.1 Å². The lowest BCUT2D eigenvalue weighted by Gasteiger charge is -2.19. The highest BCUT2D eigenvalue weighted by atomic mass is 35.5. The van der Waals surface area contributed by atoms with E-state index in [9.17, 15) is 0 Å². The average molecular weight is 252 g/mol. The molecule has 92 valence electrons. The molecule has 1 heterocycles. The maximum atomic E-state index is 6.01. The van der Waals surface area contributed by atoms with Crippen LogP contribution in [0.3, 0.4) is 0 Å². The van der Waals surface area contributed by atoms with Gasteiger partial charge < -0.3 is 10.3 Å². The number of nitrogens with zero attached hydrogens (tertiary/aromatic N) is 2. The minimum atomic E-state index is 0.112. The summed E-state index contributed by atoms with van der Waals surface area (Å²) in [5.41, 5.74) is 7.93. The fourth-order valence-electron chi connectivity index (χ4n) is 2.09. The summed E-state index contributed by atoms with van der Waals surface area (Å²) in [6, 6.07) is 8.23. The molecule has 1 unspecified atom stereocenters. The molecule has 1 aromatic heterocycles. The molecule has 1 atom stereocenters. The van der Waals surface area contributed by atoms with Gasteiger partial charge in [-0.25, -0.2) is 4.98 Å². The molecule has 17 heavy (non-hydrogen) atoms. The lowest BCUT2D eigenvalue weighted by Crippen LogP contribution is -2.22. The number of fused-ring (bicyclic) bond motifs is 1. The zero-order valence-corrected chi connectivity index (χ0v) is 11.0. The van der Waals surface area contributed by atoms with Crippen molar-refractivity contribution in [2.24, 2.45) is 5.73 Å². The Bertz CT molecular complexity index is 500. The van der Waals surface area contributed by atoms with E-state index in [2.05, 4.69) is 29.5 Å². The number of hydrogen-bond acceptors (Lipinski definition) is 2. The summed E-state index contributed by atoms with van der Waals surface area (Å²) in [5, 5.41) is 0. The van der Waals surface area contributed by atoms with Gasteiger partial charge in [-0.15, -0.1) is 11.6 Å². The number of alkyl halides is 1. The molecule has 1 aromatic carbocycles. The summed E-state index contributed by atoms with van der Waals surface area (Å²) in [7, 11) is 0. The molecule has 0 aliphatic rings. The number of para-hydroxylation sites is 2. The van der Waals surface area contributed by atoms with Gasteiger partial charge in [-0.05, 0) is 12.1 Å². The van der Waals surface area contributed by atoms with E-state index in [1.54, 1.807) is 0 Å². The number of nitrogens with two attached hydrogens (primary N) is 1. The third-order valence-electron chi connectivity index (χ3n) is 2.95. The first-order valence-electron chi connectivity index (χ1n) is 5.92. The summed E-state index contributed by atoms with van der Waals surface area (Å²) >= 11 is 6.01. The number of aromatic nitrogens is 2. The molecule has 0 amide bonds. The van der Waals surface area contributed by atoms with Crippen LogP contribution in [0.15, 0.2) is 24.3 Å². The Morgan fingerprint density at radius 1 is 1.35 bits per heavy atom. The molecule has 0 radical (unpaired) electrons. The summed E-state index contributed by atoms with van der Waals surface area (Å²) in [6.07, 6.45) is 0. The molecular weight excluding hydrogens is 234 g/mol. The SMILES string of the molecule is CC(C)c1nc2ccccc2n1C(CN)CCl. The van der Waals surface area contributed by atoms with Crippen molar-refractivity contribution in [2.45, 2.75) is 25.8 Å². The van der Waals surface area contributed by atoms with Crippen molar-refractivity contribution in [3.8, 4) is 0 Å². The fraction of sp³-hybridized carbons (Fsp3) is 0.462. The van der Waals surface area contributed by atoms with Crippen molar-refractivity contribution in [3.05, 3.63) is 30.1 Å². The monoisotopic (exact) mass is 251 g/mol. The highest BCUT2D eigenvalue weighted by molar-refractivity contribution is 6.18. The Kier molecular flexibility index (Phi) is 3.69. The van der Waals surface area contributed by atoms with Crippen molar-refractivity contribution in [3.63, 3.8) is 0 Å². The maximum absolute atomic E-state index is 6.01. The number of imidazole rings is 1. The third-order valence-corrected chi connectivity index (χ3v) is 3.31. The zero-order valence-electron chi connectivity index (χ0n) is 10.2. The second kappa shape index (κ2) is 5.07. The molecule has 0 aliphatic carbocycles. The molecule has 0 fully saturated rings. The largest absolute Gasteiger partial charge is 0.328 e. The van der Waals surface area contributed by atoms with E-state index in [0.29, 0.717) is 18.3 Å². The van der Waals surface area contributed by atoms with Gasteiger partial charge in [-0.3, -0.25) is 0 Å². The Hall–Kier alpha value is -1.06. The minimum Gasteiger partial charge on any atom is -0.328 e. The van der Waals surface area contributed by atoms with Crippen molar-refractivity contribution in [1.82, 2.24) is 9.55 Å². The van der Waals surface area contributed by atoms with Crippen molar-refractivity contribution < 1.29 is 0 Å². The van der Waals surface area contributed by atoms with Gasteiger partial charge in [-0.1, -0.05) is 26.0 Å². The summed E-state index contributed by atoms with van der Waals surface area (Å²) in [5.74, 6) is 1.93. The van der Waals surface area contributed by atoms with E-state index >= 15 is 0 Å². The van der Waals surface area contributed by atoms with Gasteiger partial charge in [0.15, 0.2) is 0 Å². The van der Waals surface area contributed by atoms with E-state index < -0.39 is 0 Å². The van der Waals surface area contributed by atoms with E-state index in [0.717, 1.165) is 16.9 Å². The van der Waals surface area contributed by atoms with Crippen LogP contribution in [0.1, 0.15) is 31.6 Å². The number of hydrogen-bond donors (Lipinski definition) is 1. The Morgan fingerprint density at radius 2 is 2.06 bits per heavy atom. The number of rotatable bonds is 4. The predicted molar refractivity (Wildman–Crippen MR) is 72.6 cm³/mol. The Balaban J connectivity index is 2.67. The third kappa shape index (κ3) is 2.17. The lowest BCUT2D eigenvalue weighted by molar-refractivity contribution is 0.537. The zero-order chi connectivity index (χ0) is 12.4. The molecule has 2 rings (SSSR count). The first kappa shape index (κ1) is 12.4. The standard InChI is InChI=1S/C13H18ClN3/c1-9(2)13-16-11-5-3-4-6-12(11)17(13)10(7-14)8-15/h3-6,9-10H,7-8,15H2,1-2H3. The van der Waals surface area contributed by atoms with Crippen LogP contribution in [0.25, 0.3) is 11.0 Å². The van der Waals surface area contributed by atoms with Crippen LogP contribution >= 0.6 is 11.6 Å². The molecule has 0 saturated heterocycles. The Labute approximate surface area is 107 Å². The van der Waals surface area contributed by atoms with Crippen LogP contribution in [0.5, 0.6) is 0 Å². The highest BCUT2D eigenvalue weighted by Gasteiger charge is 2.18. The van der Waals surface area contributed by atoms with Gasteiger partial charge >= 0.3 is 0 Å². The van der Waals surface area contributed by atoms with Crippen LogP contribution in [0, 0.1) is 0 Å². The molecule has 0 spiro atoms. The molecular formula is C13H18ClN3. The van der Waals surface area contributed by atoms with Crippen molar-refractivity contribution >= 4 is 22.6 Å². The topological polar surface area (TPSA) is 43.8 Å². The Morgan fingerprint density at radius 3 is 2.65 bits per heavy atom. The molecule has 0 saturated carbocycles. The van der Waals surface area contributed by atoms with Gasteiger partial charge in [0.25, 0.3) is 0 Å². The molecule has 2 aromatic rings. The minimum absolute atomic E-state index is 0.112. The first-order valence-corrected chi connectivity index (χ1v) is 6.45. The molecule has 4 heteroatoms. The van der Waals surface area contributed by atoms with E-state index in [1.807, 2.05) is 18.2 Å². The van der Waals surface area contributed by atoms with Gasteiger partial charge in [0.1, 0.15) is 5.82 Å². The van der Waals surface area contributed by atoms with Gasteiger partial charge in [0.2, 0.25) is 0 Å². The molecule has 0 bridgehead atoms. The summed E-state index contributed by atoms with van der Waals surface area (Å²) in [4.78, 5) is 4.68. The molecule has 3 nitrogen and oxygen atoms in total. The second-order valence-electron chi connectivity index (χ2n) is 4.53. The summed E-state index contributed by atoms with van der Waals surface area (Å²) in [6.45, 7) is 4.81. The van der Waals surface area contributed by atoms with Crippen LogP contribution in [-0.2, 0) is 0 Å². The predicted octanol–water partition coefficient (Wildman–Crippen LogP) is 2.90. The lowest BCUT2D eigenvalue weighted by atomic mass is 10.2. The normalized spacial score (nSPS) is 13.5. The average Bonchev–Trinajstić information content (AvgIpc) is 2.71. The fourth-order valence-corrected chi connectivity index (χ4v) is 2.36. The van der Waals surface area contributed by atoms with Crippen LogP contribution in [0.2, 0.25) is 0 Å². The van der Waals surface area contributed by atoms with Crippen molar-refractivity contribution in [2.75, 3.05) is 12.4 Å². The van der Waals surface area contributed by atoms with Gasteiger partial charge in [-0.2, -0.15) is 0 Å².